The molecule has 1 heterocycles. The Kier molecular flexibility index (Phi) is 4.05. The van der Waals surface area contributed by atoms with E-state index < -0.39 is 5.54 Å². The molecule has 2 rings (SSSR count). The number of amides is 1. The molecular weight excluding hydrogens is 218 g/mol. The van der Waals surface area contributed by atoms with Crippen molar-refractivity contribution in [3.05, 3.63) is 0 Å². The molecule has 0 bridgehead atoms. The van der Waals surface area contributed by atoms with E-state index in [0.29, 0.717) is 12.5 Å². The van der Waals surface area contributed by atoms with Crippen LogP contribution < -0.4 is 5.32 Å². The molecule has 1 saturated heterocycles. The minimum absolute atomic E-state index is 0.0360. The summed E-state index contributed by atoms with van der Waals surface area (Å²) in [5, 5.41) is 12.6. The highest BCUT2D eigenvalue weighted by atomic mass is 16.5. The van der Waals surface area contributed by atoms with Crippen molar-refractivity contribution >= 4 is 5.91 Å². The third-order valence-corrected chi connectivity index (χ3v) is 4.14. The van der Waals surface area contributed by atoms with Gasteiger partial charge in [0, 0.05) is 6.61 Å². The van der Waals surface area contributed by atoms with Crippen LogP contribution in [0.2, 0.25) is 0 Å². The molecule has 1 saturated carbocycles. The van der Waals surface area contributed by atoms with Gasteiger partial charge in [-0.3, -0.25) is 4.79 Å². The van der Waals surface area contributed by atoms with Gasteiger partial charge < -0.3 is 15.2 Å². The topological polar surface area (TPSA) is 58.6 Å². The lowest BCUT2D eigenvalue weighted by Gasteiger charge is -2.39. The van der Waals surface area contributed by atoms with Crippen LogP contribution in [-0.2, 0) is 9.53 Å². The highest BCUT2D eigenvalue weighted by Gasteiger charge is 2.37. The molecular formula is C13H23NO3. The number of aliphatic hydroxyl groups is 1. The number of aliphatic hydroxyl groups excluding tert-OH is 1. The Morgan fingerprint density at radius 3 is 2.65 bits per heavy atom. The molecule has 0 aromatic rings. The molecule has 0 radical (unpaired) electrons. The number of carbonyl (C=O) groups excluding carboxylic acids is 1. The smallest absolute Gasteiger partial charge is 0.249 e. The van der Waals surface area contributed by atoms with E-state index in [1.807, 2.05) is 0 Å². The van der Waals surface area contributed by atoms with E-state index >= 15 is 0 Å². The van der Waals surface area contributed by atoms with Crippen molar-refractivity contribution in [1.82, 2.24) is 5.32 Å². The average molecular weight is 241 g/mol. The van der Waals surface area contributed by atoms with Crippen molar-refractivity contribution < 1.29 is 14.6 Å². The van der Waals surface area contributed by atoms with Crippen LogP contribution in [0.3, 0.4) is 0 Å². The summed E-state index contributed by atoms with van der Waals surface area (Å²) in [5.41, 5.74) is -0.393. The van der Waals surface area contributed by atoms with Crippen molar-refractivity contribution in [3.8, 4) is 0 Å². The van der Waals surface area contributed by atoms with E-state index in [0.717, 1.165) is 38.5 Å². The number of hydrogen-bond acceptors (Lipinski definition) is 3. The van der Waals surface area contributed by atoms with E-state index in [2.05, 4.69) is 12.2 Å². The van der Waals surface area contributed by atoms with Crippen LogP contribution in [0, 0.1) is 5.92 Å². The molecule has 4 heteroatoms. The van der Waals surface area contributed by atoms with Gasteiger partial charge in [-0.05, 0) is 44.4 Å². The van der Waals surface area contributed by atoms with E-state index in [4.69, 9.17) is 4.74 Å². The second-order valence-corrected chi connectivity index (χ2v) is 5.61. The second-order valence-electron chi connectivity index (χ2n) is 5.61. The fourth-order valence-electron chi connectivity index (χ4n) is 2.76. The van der Waals surface area contributed by atoms with Gasteiger partial charge in [-0.1, -0.05) is 6.92 Å². The van der Waals surface area contributed by atoms with E-state index in [1.165, 1.54) is 0 Å². The predicted octanol–water partition coefficient (Wildman–Crippen LogP) is 1.22. The molecule has 1 aliphatic carbocycles. The van der Waals surface area contributed by atoms with Gasteiger partial charge in [-0.25, -0.2) is 0 Å². The van der Waals surface area contributed by atoms with Crippen molar-refractivity contribution in [1.29, 1.82) is 0 Å². The lowest BCUT2D eigenvalue weighted by atomic mass is 9.77. The average Bonchev–Trinajstić information content (AvgIpc) is 2.86. The fraction of sp³-hybridized carbons (Fsp3) is 0.923. The first kappa shape index (κ1) is 12.8. The fourth-order valence-corrected chi connectivity index (χ4v) is 2.76. The molecule has 1 amide bonds. The zero-order valence-electron chi connectivity index (χ0n) is 10.6. The maximum Gasteiger partial charge on any atom is 0.249 e. The van der Waals surface area contributed by atoms with Crippen LogP contribution in [0.5, 0.6) is 0 Å². The zero-order valence-corrected chi connectivity index (χ0v) is 10.6. The lowest BCUT2D eigenvalue weighted by molar-refractivity contribution is -0.133. The van der Waals surface area contributed by atoms with Gasteiger partial charge in [0.25, 0.3) is 0 Å². The maximum atomic E-state index is 12.0. The summed E-state index contributed by atoms with van der Waals surface area (Å²) in [4.78, 5) is 12.0. The molecule has 2 aliphatic rings. The van der Waals surface area contributed by atoms with Crippen LogP contribution in [0.4, 0.5) is 0 Å². The molecule has 1 atom stereocenters. The van der Waals surface area contributed by atoms with Gasteiger partial charge in [0.05, 0.1) is 12.1 Å². The molecule has 0 aromatic carbocycles. The van der Waals surface area contributed by atoms with Crippen molar-refractivity contribution in [2.75, 3.05) is 13.2 Å². The van der Waals surface area contributed by atoms with Gasteiger partial charge in [0.2, 0.25) is 5.91 Å². The first-order valence-corrected chi connectivity index (χ1v) is 6.70. The molecule has 4 nitrogen and oxygen atoms in total. The van der Waals surface area contributed by atoms with Crippen LogP contribution in [0.1, 0.15) is 45.4 Å². The summed E-state index contributed by atoms with van der Waals surface area (Å²) in [7, 11) is 0. The Hall–Kier alpha value is -0.610. The quantitative estimate of drug-likeness (QED) is 0.781. The minimum atomic E-state index is -0.393. The third-order valence-electron chi connectivity index (χ3n) is 4.14. The van der Waals surface area contributed by atoms with E-state index in [-0.39, 0.29) is 18.6 Å². The first-order chi connectivity index (χ1) is 8.15. The van der Waals surface area contributed by atoms with Crippen molar-refractivity contribution in [2.45, 2.75) is 57.1 Å². The SMILES string of the molecule is CC1CCC(CO)(NC(=O)[C@@H]2CCCO2)CC1. The van der Waals surface area contributed by atoms with E-state index in [1.54, 1.807) is 0 Å². The third kappa shape index (κ3) is 2.99. The maximum absolute atomic E-state index is 12.0. The summed E-state index contributed by atoms with van der Waals surface area (Å²) in [6, 6.07) is 0. The van der Waals surface area contributed by atoms with Crippen LogP contribution in [-0.4, -0.2) is 35.9 Å². The zero-order chi connectivity index (χ0) is 12.3. The highest BCUT2D eigenvalue weighted by Crippen LogP contribution is 2.32. The number of nitrogens with one attached hydrogen (secondary N) is 1. The molecule has 2 fully saturated rings. The minimum Gasteiger partial charge on any atom is -0.394 e. The van der Waals surface area contributed by atoms with Gasteiger partial charge in [0.15, 0.2) is 0 Å². The normalized spacial score (nSPS) is 38.0. The van der Waals surface area contributed by atoms with Gasteiger partial charge in [-0.15, -0.1) is 0 Å². The van der Waals surface area contributed by atoms with Crippen LogP contribution >= 0.6 is 0 Å². The summed E-state index contributed by atoms with van der Waals surface area (Å²) in [5.74, 6) is 0.667. The predicted molar refractivity (Wildman–Crippen MR) is 64.6 cm³/mol. The number of carbonyl (C=O) groups is 1. The van der Waals surface area contributed by atoms with Crippen LogP contribution in [0.15, 0.2) is 0 Å². The van der Waals surface area contributed by atoms with Gasteiger partial charge in [0.1, 0.15) is 6.10 Å². The van der Waals surface area contributed by atoms with Gasteiger partial charge >= 0.3 is 0 Å². The largest absolute Gasteiger partial charge is 0.394 e. The second kappa shape index (κ2) is 5.36. The summed E-state index contributed by atoms with van der Waals surface area (Å²) >= 11 is 0. The Bertz CT molecular complexity index is 266. The van der Waals surface area contributed by atoms with Crippen molar-refractivity contribution in [3.63, 3.8) is 0 Å². The number of rotatable bonds is 3. The Morgan fingerprint density at radius 1 is 1.41 bits per heavy atom. The molecule has 1 aliphatic heterocycles. The summed E-state index contributed by atoms with van der Waals surface area (Å²) in [6.07, 6.45) is 5.38. The standard InChI is InChI=1S/C13H23NO3/c1-10-4-6-13(9-15,7-5-10)14-12(16)11-3-2-8-17-11/h10-11,15H,2-9H2,1H3,(H,14,16)/t10?,11-,13?/m0/s1. The van der Waals surface area contributed by atoms with E-state index in [9.17, 15) is 9.90 Å². The lowest BCUT2D eigenvalue weighted by Crippen LogP contribution is -2.55. The molecule has 0 aromatic heterocycles. The highest BCUT2D eigenvalue weighted by molar-refractivity contribution is 5.81. The Labute approximate surface area is 103 Å². The van der Waals surface area contributed by atoms with Gasteiger partial charge in [-0.2, -0.15) is 0 Å². The van der Waals surface area contributed by atoms with Crippen LogP contribution in [0.25, 0.3) is 0 Å². The first-order valence-electron chi connectivity index (χ1n) is 6.70. The van der Waals surface area contributed by atoms with Crippen molar-refractivity contribution in [2.24, 2.45) is 5.92 Å². The molecule has 0 unspecified atom stereocenters. The number of ether oxygens (including phenoxy) is 1. The molecule has 2 N–H and O–H groups in total. The Balaban J connectivity index is 1.92. The Morgan fingerprint density at radius 2 is 2.12 bits per heavy atom. The monoisotopic (exact) mass is 241 g/mol. The summed E-state index contributed by atoms with van der Waals surface area (Å²) < 4.78 is 5.37. The molecule has 0 spiro atoms. The summed E-state index contributed by atoms with van der Waals surface area (Å²) in [6.45, 7) is 2.95. The molecule has 17 heavy (non-hydrogen) atoms. The number of hydrogen-bond donors (Lipinski definition) is 2. The molecule has 98 valence electrons.